The van der Waals surface area contributed by atoms with Gasteiger partial charge < -0.3 is 10.2 Å². The second kappa shape index (κ2) is 9.73. The first-order valence-corrected chi connectivity index (χ1v) is 11.9. The SMILES string of the molecule is CC[C@@H](C(=O)Nc1ccc(S(=O)(=O)N(C)C2CCN(C)CC2)cc1)c1ccccc1. The first kappa shape index (κ1) is 22.5. The van der Waals surface area contributed by atoms with Gasteiger partial charge in [-0.3, -0.25) is 4.79 Å². The van der Waals surface area contributed by atoms with Gasteiger partial charge in [0.2, 0.25) is 15.9 Å². The van der Waals surface area contributed by atoms with E-state index in [1.54, 1.807) is 31.3 Å². The van der Waals surface area contributed by atoms with Crippen LogP contribution in [0, 0.1) is 0 Å². The lowest BCUT2D eigenvalue weighted by atomic mass is 9.95. The van der Waals surface area contributed by atoms with Gasteiger partial charge in [-0.2, -0.15) is 4.31 Å². The van der Waals surface area contributed by atoms with E-state index in [4.69, 9.17) is 0 Å². The largest absolute Gasteiger partial charge is 0.326 e. The van der Waals surface area contributed by atoms with Gasteiger partial charge in [0.25, 0.3) is 0 Å². The van der Waals surface area contributed by atoms with Crippen LogP contribution in [0.3, 0.4) is 0 Å². The van der Waals surface area contributed by atoms with Crippen LogP contribution in [0.25, 0.3) is 0 Å². The van der Waals surface area contributed by atoms with E-state index in [1.165, 1.54) is 4.31 Å². The molecule has 6 nitrogen and oxygen atoms in total. The number of carbonyl (C=O) groups excluding carboxylic acids is 1. The van der Waals surface area contributed by atoms with Crippen molar-refractivity contribution in [2.24, 2.45) is 0 Å². The van der Waals surface area contributed by atoms with Crippen molar-refractivity contribution in [2.45, 2.75) is 43.0 Å². The van der Waals surface area contributed by atoms with Gasteiger partial charge in [-0.1, -0.05) is 37.3 Å². The average molecular weight is 430 g/mol. The molecule has 1 N–H and O–H groups in total. The zero-order chi connectivity index (χ0) is 21.7. The fourth-order valence-corrected chi connectivity index (χ4v) is 5.33. The van der Waals surface area contributed by atoms with E-state index in [0.717, 1.165) is 31.5 Å². The molecule has 1 atom stereocenters. The molecule has 1 aliphatic heterocycles. The Balaban J connectivity index is 1.68. The summed E-state index contributed by atoms with van der Waals surface area (Å²) in [5, 5.41) is 2.91. The normalized spacial score (nSPS) is 17.1. The number of amides is 1. The maximum absolute atomic E-state index is 13.0. The molecule has 2 aromatic carbocycles. The highest BCUT2D eigenvalue weighted by Crippen LogP contribution is 2.25. The minimum Gasteiger partial charge on any atom is -0.326 e. The van der Waals surface area contributed by atoms with Crippen LogP contribution in [0.15, 0.2) is 59.5 Å². The van der Waals surface area contributed by atoms with Crippen molar-refractivity contribution in [3.05, 3.63) is 60.2 Å². The van der Waals surface area contributed by atoms with Crippen LogP contribution in [-0.4, -0.2) is 56.8 Å². The number of hydrogen-bond donors (Lipinski definition) is 1. The predicted molar refractivity (Wildman–Crippen MR) is 120 cm³/mol. The summed E-state index contributed by atoms with van der Waals surface area (Å²) in [6.07, 6.45) is 2.35. The molecule has 1 fully saturated rings. The van der Waals surface area contributed by atoms with E-state index in [-0.39, 0.29) is 22.8 Å². The summed E-state index contributed by atoms with van der Waals surface area (Å²) in [6.45, 7) is 3.77. The summed E-state index contributed by atoms with van der Waals surface area (Å²) in [7, 11) is 0.150. The fraction of sp³-hybridized carbons (Fsp3) is 0.435. The fourth-order valence-electron chi connectivity index (χ4n) is 3.92. The number of anilines is 1. The van der Waals surface area contributed by atoms with Gasteiger partial charge in [-0.15, -0.1) is 0 Å². The Morgan fingerprint density at radius 1 is 1.10 bits per heavy atom. The Bertz CT molecular complexity index is 937. The Hall–Kier alpha value is -2.22. The van der Waals surface area contributed by atoms with E-state index in [9.17, 15) is 13.2 Å². The van der Waals surface area contributed by atoms with E-state index in [1.807, 2.05) is 37.3 Å². The molecular formula is C23H31N3O3S. The van der Waals surface area contributed by atoms with E-state index in [2.05, 4.69) is 17.3 Å². The summed E-state index contributed by atoms with van der Waals surface area (Å²) in [5.41, 5.74) is 1.56. The van der Waals surface area contributed by atoms with Gasteiger partial charge in [-0.05, 0) is 69.2 Å². The lowest BCUT2D eigenvalue weighted by Crippen LogP contribution is -2.44. The number of carbonyl (C=O) groups is 1. The van der Waals surface area contributed by atoms with Gasteiger partial charge in [0, 0.05) is 18.8 Å². The first-order valence-electron chi connectivity index (χ1n) is 10.5. The average Bonchev–Trinajstić information content (AvgIpc) is 2.75. The van der Waals surface area contributed by atoms with Crippen molar-refractivity contribution >= 4 is 21.6 Å². The summed E-state index contributed by atoms with van der Waals surface area (Å²) in [4.78, 5) is 15.2. The highest BCUT2D eigenvalue weighted by atomic mass is 32.2. The Kier molecular flexibility index (Phi) is 7.28. The molecule has 30 heavy (non-hydrogen) atoms. The molecule has 1 heterocycles. The number of sulfonamides is 1. The third kappa shape index (κ3) is 5.09. The van der Waals surface area contributed by atoms with Crippen LogP contribution in [0.4, 0.5) is 5.69 Å². The molecule has 1 amide bonds. The topological polar surface area (TPSA) is 69.7 Å². The van der Waals surface area contributed by atoms with E-state index < -0.39 is 10.0 Å². The van der Waals surface area contributed by atoms with Crippen LogP contribution in [0.5, 0.6) is 0 Å². The van der Waals surface area contributed by atoms with Crippen molar-refractivity contribution in [1.82, 2.24) is 9.21 Å². The molecule has 0 aliphatic carbocycles. The van der Waals surface area contributed by atoms with Crippen LogP contribution >= 0.6 is 0 Å². The van der Waals surface area contributed by atoms with Crippen LogP contribution < -0.4 is 5.32 Å². The second-order valence-electron chi connectivity index (χ2n) is 7.94. The Morgan fingerprint density at radius 2 is 1.70 bits per heavy atom. The number of rotatable bonds is 7. The molecule has 0 aromatic heterocycles. The number of piperidine rings is 1. The van der Waals surface area contributed by atoms with Gasteiger partial charge in [0.1, 0.15) is 0 Å². The molecule has 1 saturated heterocycles. The molecule has 7 heteroatoms. The van der Waals surface area contributed by atoms with E-state index >= 15 is 0 Å². The molecule has 0 spiro atoms. The maximum atomic E-state index is 13.0. The van der Waals surface area contributed by atoms with Crippen LogP contribution in [0.1, 0.15) is 37.7 Å². The monoisotopic (exact) mass is 429 g/mol. The summed E-state index contributed by atoms with van der Waals surface area (Å²) < 4.78 is 27.5. The minimum absolute atomic E-state index is 0.0155. The van der Waals surface area contributed by atoms with Crippen molar-refractivity contribution in [3.63, 3.8) is 0 Å². The zero-order valence-electron chi connectivity index (χ0n) is 17.9. The molecule has 162 valence electrons. The lowest BCUT2D eigenvalue weighted by Gasteiger charge is -2.34. The number of benzene rings is 2. The third-order valence-corrected chi connectivity index (χ3v) is 7.85. The zero-order valence-corrected chi connectivity index (χ0v) is 18.7. The quantitative estimate of drug-likeness (QED) is 0.731. The minimum atomic E-state index is -3.56. The molecule has 1 aliphatic rings. The molecule has 3 rings (SSSR count). The van der Waals surface area contributed by atoms with Crippen molar-refractivity contribution < 1.29 is 13.2 Å². The van der Waals surface area contributed by atoms with Crippen LogP contribution in [-0.2, 0) is 14.8 Å². The maximum Gasteiger partial charge on any atom is 0.243 e. The lowest BCUT2D eigenvalue weighted by molar-refractivity contribution is -0.117. The van der Waals surface area contributed by atoms with Crippen molar-refractivity contribution in [2.75, 3.05) is 32.5 Å². The van der Waals surface area contributed by atoms with Gasteiger partial charge in [-0.25, -0.2) is 8.42 Å². The van der Waals surface area contributed by atoms with Crippen molar-refractivity contribution in [1.29, 1.82) is 0 Å². The molecular weight excluding hydrogens is 398 g/mol. The standard InChI is InChI=1S/C23H31N3O3S/c1-4-22(18-8-6-5-7-9-18)23(27)24-19-10-12-21(13-11-19)30(28,29)26(3)20-14-16-25(2)17-15-20/h5-13,20,22H,4,14-17H2,1-3H3,(H,24,27)/t22-/m1/s1. The molecule has 0 unspecified atom stereocenters. The highest BCUT2D eigenvalue weighted by molar-refractivity contribution is 7.89. The third-order valence-electron chi connectivity index (χ3n) is 5.93. The Labute approximate surface area is 179 Å². The first-order chi connectivity index (χ1) is 14.3. The van der Waals surface area contributed by atoms with Gasteiger partial charge >= 0.3 is 0 Å². The summed E-state index contributed by atoms with van der Waals surface area (Å²) >= 11 is 0. The summed E-state index contributed by atoms with van der Waals surface area (Å²) in [6, 6.07) is 16.1. The molecule has 0 radical (unpaired) electrons. The number of likely N-dealkylation sites (tertiary alicyclic amines) is 1. The number of nitrogens with zero attached hydrogens (tertiary/aromatic N) is 2. The van der Waals surface area contributed by atoms with Gasteiger partial charge in [0.05, 0.1) is 10.8 Å². The van der Waals surface area contributed by atoms with Gasteiger partial charge in [0.15, 0.2) is 0 Å². The molecule has 0 bridgehead atoms. The van der Waals surface area contributed by atoms with Crippen LogP contribution in [0.2, 0.25) is 0 Å². The highest BCUT2D eigenvalue weighted by Gasteiger charge is 2.30. The Morgan fingerprint density at radius 3 is 2.27 bits per heavy atom. The number of hydrogen-bond acceptors (Lipinski definition) is 4. The summed E-state index contributed by atoms with van der Waals surface area (Å²) in [5.74, 6) is -0.340. The van der Waals surface area contributed by atoms with Crippen molar-refractivity contribution in [3.8, 4) is 0 Å². The number of nitrogens with one attached hydrogen (secondary N) is 1. The smallest absolute Gasteiger partial charge is 0.243 e. The predicted octanol–water partition coefficient (Wildman–Crippen LogP) is 3.53. The molecule has 2 aromatic rings. The van der Waals surface area contributed by atoms with E-state index in [0.29, 0.717) is 12.1 Å². The second-order valence-corrected chi connectivity index (χ2v) is 9.94. The molecule has 0 saturated carbocycles.